The maximum absolute atomic E-state index is 13.6. The number of alkyl carbamates (subject to hydrolysis) is 2. The van der Waals surface area contributed by atoms with Crippen LogP contribution in [0.2, 0.25) is 0 Å². The Morgan fingerprint density at radius 1 is 1.16 bits per heavy atom. The van der Waals surface area contributed by atoms with Crippen molar-refractivity contribution in [2.75, 3.05) is 52.3 Å². The van der Waals surface area contributed by atoms with E-state index in [2.05, 4.69) is 47.5 Å². The molecule has 14 nitrogen and oxygen atoms in total. The van der Waals surface area contributed by atoms with Crippen molar-refractivity contribution in [3.8, 4) is 11.8 Å². The molecule has 4 heterocycles. The molecule has 18 heteroatoms. The van der Waals surface area contributed by atoms with Crippen LogP contribution in [0, 0.1) is 17.8 Å². The maximum atomic E-state index is 13.6. The zero-order valence-corrected chi connectivity index (χ0v) is 29.2. The van der Waals surface area contributed by atoms with Gasteiger partial charge in [0, 0.05) is 43.3 Å². The third-order valence-corrected chi connectivity index (χ3v) is 8.22. The summed E-state index contributed by atoms with van der Waals surface area (Å²) in [7, 11) is 3.28. The van der Waals surface area contributed by atoms with Crippen molar-refractivity contribution in [2.24, 2.45) is 5.92 Å². The Morgan fingerprint density at radius 2 is 1.94 bits per heavy atom. The van der Waals surface area contributed by atoms with Crippen LogP contribution in [0.25, 0.3) is 5.65 Å². The number of piperidine rings is 1. The van der Waals surface area contributed by atoms with Crippen molar-refractivity contribution >= 4 is 41.3 Å². The van der Waals surface area contributed by atoms with E-state index >= 15 is 0 Å². The van der Waals surface area contributed by atoms with Gasteiger partial charge in [-0.05, 0) is 71.2 Å². The highest BCUT2D eigenvalue weighted by Gasteiger charge is 2.34. The van der Waals surface area contributed by atoms with E-state index in [0.717, 1.165) is 13.0 Å². The molecule has 3 aromatic rings. The van der Waals surface area contributed by atoms with Gasteiger partial charge in [0.1, 0.15) is 16.3 Å². The number of hydrogen-bond acceptors (Lipinski definition) is 11. The second-order valence-corrected chi connectivity index (χ2v) is 13.5. The molecule has 0 saturated carbocycles. The van der Waals surface area contributed by atoms with E-state index in [9.17, 15) is 27.6 Å². The topological polar surface area (TPSA) is 153 Å². The second-order valence-electron chi connectivity index (χ2n) is 12.5. The molecule has 1 aliphatic heterocycles. The number of carbonyl (C=O) groups is 3. The summed E-state index contributed by atoms with van der Waals surface area (Å²) in [6.45, 7) is 7.17. The van der Waals surface area contributed by atoms with E-state index in [4.69, 9.17) is 9.47 Å². The first-order chi connectivity index (χ1) is 23.6. The number of ether oxygens (including phenoxy) is 3. The number of halogens is 3. The zero-order valence-electron chi connectivity index (χ0n) is 28.4. The number of carbonyl (C=O) groups excluding carboxylic acids is 3. The van der Waals surface area contributed by atoms with Crippen LogP contribution in [0.15, 0.2) is 35.7 Å². The van der Waals surface area contributed by atoms with Gasteiger partial charge < -0.3 is 35.1 Å². The molecule has 0 aromatic carbocycles. The van der Waals surface area contributed by atoms with Crippen molar-refractivity contribution in [1.29, 1.82) is 0 Å². The van der Waals surface area contributed by atoms with Crippen LogP contribution in [0.5, 0.6) is 0 Å². The molecule has 272 valence electrons. The van der Waals surface area contributed by atoms with Crippen molar-refractivity contribution < 1.29 is 41.8 Å². The number of aromatic nitrogens is 4. The van der Waals surface area contributed by atoms with Crippen LogP contribution < -0.4 is 16.0 Å². The Labute approximate surface area is 291 Å². The number of methoxy groups -OCH3 is 1. The lowest BCUT2D eigenvalue weighted by Gasteiger charge is -2.37. The Hall–Kier alpha value is -4.63. The smallest absolute Gasteiger partial charge is 0.447 e. The van der Waals surface area contributed by atoms with Crippen molar-refractivity contribution in [2.45, 2.75) is 62.3 Å². The van der Waals surface area contributed by atoms with Gasteiger partial charge in [0.2, 0.25) is 0 Å². The highest BCUT2D eigenvalue weighted by molar-refractivity contribution is 8.00. The number of nitrogens with one attached hydrogen (secondary N) is 3. The van der Waals surface area contributed by atoms with Gasteiger partial charge in [-0.15, -0.1) is 0 Å². The average molecular weight is 723 g/mol. The SMILES string of the molecule is COC(=O)c1cnn(CCNC(=O)OCC[C@H]2CN(C)CC[C@@H]2Nc2cccn3c(SC(F)(F)F)c(C#CCNC(=O)OC(C)(C)C)nc23)c1. The predicted molar refractivity (Wildman–Crippen MR) is 179 cm³/mol. The third-order valence-electron chi connectivity index (χ3n) is 7.41. The molecule has 0 spiro atoms. The summed E-state index contributed by atoms with van der Waals surface area (Å²) in [6, 6.07) is 3.30. The number of rotatable bonds is 11. The number of nitrogens with zero attached hydrogens (tertiary/aromatic N) is 5. The third kappa shape index (κ3) is 11.5. The second kappa shape index (κ2) is 16.9. The molecule has 3 aromatic heterocycles. The van der Waals surface area contributed by atoms with Gasteiger partial charge in [-0.25, -0.2) is 19.4 Å². The minimum atomic E-state index is -4.59. The minimum absolute atomic E-state index is 0.0415. The first-order valence-corrected chi connectivity index (χ1v) is 16.6. The van der Waals surface area contributed by atoms with Crippen LogP contribution in [-0.4, -0.2) is 106 Å². The highest BCUT2D eigenvalue weighted by Crippen LogP contribution is 2.39. The van der Waals surface area contributed by atoms with Gasteiger partial charge >= 0.3 is 23.7 Å². The number of likely N-dealkylation sites (tertiary alicyclic amines) is 1. The zero-order chi connectivity index (χ0) is 36.5. The number of imidazole rings is 1. The lowest BCUT2D eigenvalue weighted by atomic mass is 9.89. The molecule has 2 atom stereocenters. The van der Waals surface area contributed by atoms with Gasteiger partial charge in [0.05, 0.1) is 44.3 Å². The molecule has 2 amide bonds. The predicted octanol–water partition coefficient (Wildman–Crippen LogP) is 4.35. The van der Waals surface area contributed by atoms with Crippen LogP contribution in [0.1, 0.15) is 49.7 Å². The van der Waals surface area contributed by atoms with E-state index in [1.165, 1.54) is 34.8 Å². The van der Waals surface area contributed by atoms with E-state index in [-0.39, 0.29) is 59.8 Å². The number of esters is 1. The average Bonchev–Trinajstić information content (AvgIpc) is 3.64. The first-order valence-electron chi connectivity index (χ1n) is 15.8. The number of fused-ring (bicyclic) bond motifs is 1. The molecule has 3 N–H and O–H groups in total. The standard InChI is InChI=1S/C32H41F3N8O6S/c1-31(2,3)49-30(46)36-12-6-8-25-27(50-32(33,34)35)43-14-7-9-24(26(43)40-25)39-23-10-15-41(4)19-21(23)11-17-48-29(45)37-13-16-42-20-22(18-38-42)28(44)47-5/h7,9,14,18,20-21,23,39H,10-13,15-17,19H2,1-5H3,(H,36,46)(H,37,45)/t21-,23-/m0/s1. The van der Waals surface area contributed by atoms with Gasteiger partial charge in [0.25, 0.3) is 0 Å². The van der Waals surface area contributed by atoms with Gasteiger partial charge in [-0.1, -0.05) is 5.92 Å². The summed E-state index contributed by atoms with van der Waals surface area (Å²) in [5.41, 5.74) is -4.28. The van der Waals surface area contributed by atoms with Crippen LogP contribution in [-0.2, 0) is 20.8 Å². The largest absolute Gasteiger partial charge is 0.465 e. The molecule has 1 fully saturated rings. The normalized spacial score (nSPS) is 16.6. The lowest BCUT2D eigenvalue weighted by molar-refractivity contribution is -0.0330. The van der Waals surface area contributed by atoms with E-state index < -0.39 is 29.3 Å². The molecule has 4 rings (SSSR count). The molecule has 0 aliphatic carbocycles. The highest BCUT2D eigenvalue weighted by atomic mass is 32.2. The van der Waals surface area contributed by atoms with Crippen LogP contribution >= 0.6 is 11.8 Å². The fourth-order valence-electron chi connectivity index (χ4n) is 5.24. The number of thioether (sulfide) groups is 1. The van der Waals surface area contributed by atoms with Crippen molar-refractivity contribution in [1.82, 2.24) is 34.7 Å². The quantitative estimate of drug-likeness (QED) is 0.112. The number of anilines is 1. The molecule has 1 saturated heterocycles. The fourth-order valence-corrected chi connectivity index (χ4v) is 5.90. The summed E-state index contributed by atoms with van der Waals surface area (Å²) in [5.74, 6) is 4.88. The van der Waals surface area contributed by atoms with Gasteiger partial charge in [-0.3, -0.25) is 9.08 Å². The van der Waals surface area contributed by atoms with Crippen LogP contribution in [0.4, 0.5) is 28.4 Å². The Bertz CT molecular complexity index is 1710. The molecular formula is C32H41F3N8O6S. The Balaban J connectivity index is 1.39. The summed E-state index contributed by atoms with van der Waals surface area (Å²) >= 11 is -0.314. The molecule has 0 bridgehead atoms. The summed E-state index contributed by atoms with van der Waals surface area (Å²) in [5, 5.41) is 12.5. The molecule has 0 radical (unpaired) electrons. The summed E-state index contributed by atoms with van der Waals surface area (Å²) < 4.78 is 59.0. The number of amides is 2. The van der Waals surface area contributed by atoms with Gasteiger partial charge in [0.15, 0.2) is 5.65 Å². The van der Waals surface area contributed by atoms with Crippen molar-refractivity contribution in [3.63, 3.8) is 0 Å². The van der Waals surface area contributed by atoms with E-state index in [1.807, 2.05) is 7.05 Å². The monoisotopic (exact) mass is 722 g/mol. The Morgan fingerprint density at radius 3 is 2.66 bits per heavy atom. The summed E-state index contributed by atoms with van der Waals surface area (Å²) in [4.78, 5) is 42.5. The molecule has 1 aliphatic rings. The minimum Gasteiger partial charge on any atom is -0.465 e. The van der Waals surface area contributed by atoms with Crippen molar-refractivity contribution in [3.05, 3.63) is 42.0 Å². The van der Waals surface area contributed by atoms with E-state index in [1.54, 1.807) is 32.9 Å². The van der Waals surface area contributed by atoms with Crippen LogP contribution in [0.3, 0.4) is 0 Å². The van der Waals surface area contributed by atoms with Gasteiger partial charge in [-0.2, -0.15) is 18.3 Å². The Kier molecular flexibility index (Phi) is 12.9. The first kappa shape index (κ1) is 38.2. The number of pyridine rings is 1. The van der Waals surface area contributed by atoms with E-state index in [0.29, 0.717) is 30.8 Å². The maximum Gasteiger partial charge on any atom is 0.447 e. The summed E-state index contributed by atoms with van der Waals surface area (Å²) in [6.07, 6.45) is 4.38. The molecule has 50 heavy (non-hydrogen) atoms. The fraction of sp³-hybridized carbons (Fsp3) is 0.531. The molecule has 0 unspecified atom stereocenters. The molecular weight excluding hydrogens is 681 g/mol. The number of alkyl halides is 3. The number of hydrogen-bond donors (Lipinski definition) is 3. The lowest BCUT2D eigenvalue weighted by Crippen LogP contribution is -2.45.